The summed E-state index contributed by atoms with van der Waals surface area (Å²) in [5, 5.41) is 0. The summed E-state index contributed by atoms with van der Waals surface area (Å²) in [5.41, 5.74) is 2.97. The molecule has 0 fully saturated rings. The number of allylic oxidation sites excluding steroid dienone is 8. The molecule has 124 valence electrons. The molecule has 3 heteroatoms. The van der Waals surface area contributed by atoms with Crippen molar-refractivity contribution in [1.82, 2.24) is 0 Å². The Hall–Kier alpha value is 0.280. The number of hydrogen-bond donors (Lipinski definition) is 0. The molecule has 0 aromatic carbocycles. The second kappa shape index (κ2) is 21.3. The first-order valence-corrected chi connectivity index (χ1v) is 10.3. The first kappa shape index (κ1) is 27.1. The van der Waals surface area contributed by atoms with Crippen LogP contribution in [0.5, 0.6) is 0 Å². The van der Waals surface area contributed by atoms with Crippen LogP contribution in [0.1, 0.15) is 65.2 Å². The Morgan fingerprint density at radius 2 is 1.23 bits per heavy atom. The summed E-state index contributed by atoms with van der Waals surface area (Å²) in [6.07, 6.45) is 24.9. The van der Waals surface area contributed by atoms with Crippen LogP contribution in [0, 0.1) is 12.2 Å². The first-order chi connectivity index (χ1) is 9.86. The quantitative estimate of drug-likeness (QED) is 0.283. The van der Waals surface area contributed by atoms with E-state index in [-0.39, 0.29) is 24.8 Å². The van der Waals surface area contributed by atoms with Crippen LogP contribution in [-0.2, 0) is 23.9 Å². The number of hydrogen-bond acceptors (Lipinski definition) is 0. The molecule has 2 aliphatic carbocycles. The summed E-state index contributed by atoms with van der Waals surface area (Å²) in [6, 6.07) is 0. The minimum atomic E-state index is 0. The zero-order chi connectivity index (χ0) is 15.1. The molecular formula is C19H30Cl2Hf. The van der Waals surface area contributed by atoms with Gasteiger partial charge >= 0.3 is 28.2 Å². The van der Waals surface area contributed by atoms with Crippen LogP contribution in [0.15, 0.2) is 35.5 Å². The van der Waals surface area contributed by atoms with Crippen molar-refractivity contribution < 1.29 is 23.9 Å². The fourth-order valence-corrected chi connectivity index (χ4v) is 1.99. The summed E-state index contributed by atoms with van der Waals surface area (Å²) >= 11 is 1.06. The molecule has 0 atom stereocenters. The van der Waals surface area contributed by atoms with Gasteiger partial charge < -0.3 is 0 Å². The maximum atomic E-state index is 3.39. The summed E-state index contributed by atoms with van der Waals surface area (Å²) in [7, 11) is 0. The molecular weight excluding hydrogens is 478 g/mol. The predicted molar refractivity (Wildman–Crippen MR) is 102 cm³/mol. The van der Waals surface area contributed by atoms with Crippen molar-refractivity contribution >= 4 is 29.1 Å². The van der Waals surface area contributed by atoms with Crippen LogP contribution in [-0.4, -0.2) is 4.26 Å². The molecule has 2 rings (SSSR count). The number of halogens is 2. The molecule has 0 nitrogen and oxygen atoms in total. The van der Waals surface area contributed by atoms with Crippen molar-refractivity contribution in [2.24, 2.45) is 0 Å². The fraction of sp³-hybridized carbons (Fsp3) is 0.526. The summed E-state index contributed by atoms with van der Waals surface area (Å²) in [5.74, 6) is 0. The van der Waals surface area contributed by atoms with Gasteiger partial charge in [0.05, 0.1) is 0 Å². The average Bonchev–Trinajstić information content (AvgIpc) is 3.19. The number of rotatable bonds is 6. The second-order valence-electron chi connectivity index (χ2n) is 4.87. The molecule has 0 bridgehead atoms. The summed E-state index contributed by atoms with van der Waals surface area (Å²) in [6.45, 7) is 4.45. The van der Waals surface area contributed by atoms with Gasteiger partial charge in [-0.2, -0.15) is 12.2 Å². The Balaban J connectivity index is -0.000000273. The van der Waals surface area contributed by atoms with Crippen molar-refractivity contribution in [2.45, 2.75) is 65.2 Å². The molecule has 0 aromatic rings. The van der Waals surface area contributed by atoms with Crippen LogP contribution < -0.4 is 0 Å². The van der Waals surface area contributed by atoms with E-state index in [1.807, 2.05) is 0 Å². The van der Waals surface area contributed by atoms with E-state index < -0.39 is 0 Å². The topological polar surface area (TPSA) is 0 Å². The van der Waals surface area contributed by atoms with E-state index in [4.69, 9.17) is 0 Å². The Morgan fingerprint density at radius 1 is 0.864 bits per heavy atom. The zero-order valence-electron chi connectivity index (χ0n) is 14.0. The molecule has 0 aromatic heterocycles. The van der Waals surface area contributed by atoms with Crippen molar-refractivity contribution in [3.8, 4) is 0 Å². The molecule has 0 radical (unpaired) electrons. The molecule has 22 heavy (non-hydrogen) atoms. The molecule has 0 N–H and O–H groups in total. The first-order valence-electron chi connectivity index (χ1n) is 7.73. The molecule has 0 spiro atoms. The Morgan fingerprint density at radius 3 is 1.45 bits per heavy atom. The van der Waals surface area contributed by atoms with Crippen LogP contribution in [0.4, 0.5) is 0 Å². The van der Waals surface area contributed by atoms with Crippen molar-refractivity contribution in [3.05, 3.63) is 47.6 Å². The predicted octanol–water partition coefficient (Wildman–Crippen LogP) is 6.54. The third kappa shape index (κ3) is 15.2. The van der Waals surface area contributed by atoms with E-state index in [1.54, 1.807) is 0 Å². The van der Waals surface area contributed by atoms with Crippen LogP contribution in [0.25, 0.3) is 0 Å². The van der Waals surface area contributed by atoms with E-state index in [1.165, 1.54) is 49.7 Å². The van der Waals surface area contributed by atoms with Gasteiger partial charge in [-0.1, -0.05) is 52.4 Å². The molecule has 0 heterocycles. The van der Waals surface area contributed by atoms with Crippen LogP contribution >= 0.6 is 24.8 Å². The van der Waals surface area contributed by atoms with Gasteiger partial charge in [0.15, 0.2) is 0 Å². The Labute approximate surface area is 165 Å². The van der Waals surface area contributed by atoms with Gasteiger partial charge in [0.1, 0.15) is 0 Å². The summed E-state index contributed by atoms with van der Waals surface area (Å²) < 4.78 is 3.39. The van der Waals surface area contributed by atoms with Crippen molar-refractivity contribution in [2.75, 3.05) is 0 Å². The standard InChI is InChI=1S/2C9H13.CH2.2ClH.Hf/c2*1-2-3-6-9-7-4-5-8-9;;;;/h2*7-8H,2-4,6H2,1H3;1H2;2*1H;/q2*-1;;;;+2. The van der Waals surface area contributed by atoms with Gasteiger partial charge in [0.2, 0.25) is 0 Å². The molecule has 0 amide bonds. The molecule has 0 saturated carbocycles. The SMILES string of the molecule is CCCCC1=CC[C-]=C1.CCCCC1=CC[C-]=C1.Cl.Cl.[CH2]=[Hf+2]. The molecule has 2 aliphatic rings. The van der Waals surface area contributed by atoms with Crippen LogP contribution in [0.3, 0.4) is 0 Å². The van der Waals surface area contributed by atoms with E-state index in [9.17, 15) is 0 Å². The normalized spacial score (nSPS) is 13.6. The Kier molecular flexibility index (Phi) is 26.3. The average molecular weight is 508 g/mol. The molecule has 0 aliphatic heterocycles. The minimum absolute atomic E-state index is 0. The van der Waals surface area contributed by atoms with Gasteiger partial charge in [-0.3, -0.25) is 12.2 Å². The summed E-state index contributed by atoms with van der Waals surface area (Å²) in [4.78, 5) is 0. The van der Waals surface area contributed by atoms with Gasteiger partial charge in [-0.25, -0.2) is 23.3 Å². The third-order valence-corrected chi connectivity index (χ3v) is 3.18. The van der Waals surface area contributed by atoms with E-state index in [0.717, 1.165) is 36.7 Å². The van der Waals surface area contributed by atoms with E-state index in [0.29, 0.717) is 0 Å². The molecule has 0 saturated heterocycles. The van der Waals surface area contributed by atoms with Crippen LogP contribution in [0.2, 0.25) is 0 Å². The van der Waals surface area contributed by atoms with E-state index in [2.05, 4.69) is 54.6 Å². The fourth-order valence-electron chi connectivity index (χ4n) is 1.99. The van der Waals surface area contributed by atoms with Gasteiger partial charge in [-0.15, -0.1) is 37.7 Å². The zero-order valence-corrected chi connectivity index (χ0v) is 19.2. The Bertz CT molecular complexity index is 320. The molecule has 0 unspecified atom stereocenters. The monoisotopic (exact) mass is 508 g/mol. The second-order valence-corrected chi connectivity index (χ2v) is 4.87. The maximum absolute atomic E-state index is 3.39. The van der Waals surface area contributed by atoms with Gasteiger partial charge in [0.25, 0.3) is 0 Å². The van der Waals surface area contributed by atoms with Crippen molar-refractivity contribution in [3.63, 3.8) is 0 Å². The van der Waals surface area contributed by atoms with E-state index >= 15 is 0 Å². The third-order valence-electron chi connectivity index (χ3n) is 3.18. The van der Waals surface area contributed by atoms with Gasteiger partial charge in [-0.05, 0) is 0 Å². The van der Waals surface area contributed by atoms with Gasteiger partial charge in [0, 0.05) is 0 Å². The number of unbranched alkanes of at least 4 members (excludes halogenated alkanes) is 2. The van der Waals surface area contributed by atoms with Crippen molar-refractivity contribution in [1.29, 1.82) is 0 Å².